The molecule has 17 heavy (non-hydrogen) atoms. The highest BCUT2D eigenvalue weighted by Gasteiger charge is 2.18. The van der Waals surface area contributed by atoms with E-state index >= 15 is 0 Å². The Hall–Kier alpha value is -0.830. The number of hydrogen-bond acceptors (Lipinski definition) is 3. The lowest BCUT2D eigenvalue weighted by molar-refractivity contribution is 0.459. The Labute approximate surface area is 108 Å². The van der Waals surface area contributed by atoms with Gasteiger partial charge in [0.2, 0.25) is 0 Å². The Bertz CT molecular complexity index is 381. The normalized spacial score (nSPS) is 21.4. The summed E-state index contributed by atoms with van der Waals surface area (Å²) in [5.41, 5.74) is 1.00. The fraction of sp³-hybridized carbons (Fsp3) is 0.692. The van der Waals surface area contributed by atoms with E-state index in [-0.39, 0.29) is 0 Å². The van der Waals surface area contributed by atoms with Crippen molar-refractivity contribution in [2.24, 2.45) is 5.92 Å². The van der Waals surface area contributed by atoms with Gasteiger partial charge in [0.25, 0.3) is 0 Å². The van der Waals surface area contributed by atoms with Gasteiger partial charge in [0.1, 0.15) is 17.3 Å². The first-order valence-corrected chi connectivity index (χ1v) is 6.82. The Kier molecular flexibility index (Phi) is 4.21. The van der Waals surface area contributed by atoms with E-state index < -0.39 is 0 Å². The highest BCUT2D eigenvalue weighted by atomic mass is 35.5. The van der Waals surface area contributed by atoms with Crippen molar-refractivity contribution in [2.45, 2.75) is 39.5 Å². The van der Waals surface area contributed by atoms with Crippen LogP contribution in [0.2, 0.25) is 5.15 Å². The van der Waals surface area contributed by atoms with Crippen molar-refractivity contribution in [2.75, 3.05) is 18.0 Å². The van der Waals surface area contributed by atoms with E-state index in [1.165, 1.54) is 25.7 Å². The summed E-state index contributed by atoms with van der Waals surface area (Å²) in [7, 11) is 0. The van der Waals surface area contributed by atoms with E-state index in [4.69, 9.17) is 11.6 Å². The molecule has 0 spiro atoms. The van der Waals surface area contributed by atoms with E-state index in [2.05, 4.69) is 21.8 Å². The molecule has 2 rings (SSSR count). The van der Waals surface area contributed by atoms with E-state index in [1.807, 2.05) is 6.92 Å². The lowest BCUT2D eigenvalue weighted by Gasteiger charge is -2.23. The minimum absolute atomic E-state index is 0.575. The molecule has 0 N–H and O–H groups in total. The average molecular weight is 254 g/mol. The maximum atomic E-state index is 6.05. The largest absolute Gasteiger partial charge is 0.356 e. The molecule has 1 aliphatic heterocycles. The quantitative estimate of drug-likeness (QED) is 0.756. The van der Waals surface area contributed by atoms with Gasteiger partial charge in [-0.05, 0) is 32.1 Å². The van der Waals surface area contributed by atoms with Gasteiger partial charge in [-0.25, -0.2) is 9.97 Å². The molecule has 1 atom stereocenters. The monoisotopic (exact) mass is 253 g/mol. The molecule has 1 saturated heterocycles. The predicted molar refractivity (Wildman–Crippen MR) is 71.6 cm³/mol. The van der Waals surface area contributed by atoms with Gasteiger partial charge in [-0.1, -0.05) is 24.9 Å². The summed E-state index contributed by atoms with van der Waals surface area (Å²) in [6, 6.07) is 0. The van der Waals surface area contributed by atoms with Crippen molar-refractivity contribution in [3.8, 4) is 0 Å². The number of hydrogen-bond donors (Lipinski definition) is 0. The van der Waals surface area contributed by atoms with E-state index in [0.717, 1.165) is 30.4 Å². The van der Waals surface area contributed by atoms with Crippen LogP contribution < -0.4 is 4.90 Å². The molecule has 1 fully saturated rings. The summed E-state index contributed by atoms with van der Waals surface area (Å²) >= 11 is 6.05. The van der Waals surface area contributed by atoms with Gasteiger partial charge >= 0.3 is 0 Å². The zero-order valence-corrected chi connectivity index (χ0v) is 11.4. The molecule has 0 radical (unpaired) electrons. The summed E-state index contributed by atoms with van der Waals surface area (Å²) in [4.78, 5) is 10.8. The summed E-state index contributed by atoms with van der Waals surface area (Å²) in [6.07, 6.45) is 6.70. The lowest BCUT2D eigenvalue weighted by atomic mass is 9.98. The van der Waals surface area contributed by atoms with Crippen molar-refractivity contribution >= 4 is 17.4 Å². The molecule has 0 saturated carbocycles. The first kappa shape index (κ1) is 12.6. The average Bonchev–Trinajstić information content (AvgIpc) is 2.58. The fourth-order valence-corrected chi connectivity index (χ4v) is 2.65. The Balaban J connectivity index is 2.14. The van der Waals surface area contributed by atoms with Crippen LogP contribution in [0.1, 0.15) is 38.2 Å². The molecular weight excluding hydrogens is 234 g/mol. The highest BCUT2D eigenvalue weighted by Crippen LogP contribution is 2.27. The van der Waals surface area contributed by atoms with Gasteiger partial charge in [0.05, 0.1) is 0 Å². The molecule has 94 valence electrons. The van der Waals surface area contributed by atoms with Gasteiger partial charge in [-0.3, -0.25) is 0 Å². The van der Waals surface area contributed by atoms with E-state index in [9.17, 15) is 0 Å². The van der Waals surface area contributed by atoms with Crippen LogP contribution in [0.3, 0.4) is 0 Å². The van der Waals surface area contributed by atoms with Gasteiger partial charge in [-0.15, -0.1) is 0 Å². The highest BCUT2D eigenvalue weighted by molar-refractivity contribution is 6.30. The van der Waals surface area contributed by atoms with E-state index in [0.29, 0.717) is 5.15 Å². The topological polar surface area (TPSA) is 29.0 Å². The Morgan fingerprint density at radius 2 is 2.18 bits per heavy atom. The van der Waals surface area contributed by atoms with Crippen LogP contribution in [-0.2, 0) is 0 Å². The summed E-state index contributed by atoms with van der Waals surface area (Å²) < 4.78 is 0. The minimum Gasteiger partial charge on any atom is -0.356 e. The SMILES string of the molecule is CCC1CCCN(c2ncnc(Cl)c2C)CC1. The van der Waals surface area contributed by atoms with Crippen LogP contribution in [-0.4, -0.2) is 23.1 Å². The predicted octanol–water partition coefficient (Wildman–Crippen LogP) is 3.45. The van der Waals surface area contributed by atoms with Gasteiger partial charge in [0.15, 0.2) is 0 Å². The third-order valence-electron chi connectivity index (χ3n) is 3.72. The maximum Gasteiger partial charge on any atom is 0.137 e. The summed E-state index contributed by atoms with van der Waals surface area (Å²) in [6.45, 7) is 6.46. The number of nitrogens with zero attached hydrogens (tertiary/aromatic N) is 3. The molecule has 0 aliphatic carbocycles. The lowest BCUT2D eigenvalue weighted by Crippen LogP contribution is -2.26. The first-order valence-electron chi connectivity index (χ1n) is 6.44. The Morgan fingerprint density at radius 1 is 1.35 bits per heavy atom. The van der Waals surface area contributed by atoms with Crippen LogP contribution >= 0.6 is 11.6 Å². The molecule has 1 aromatic rings. The second-order valence-corrected chi connectivity index (χ2v) is 5.16. The summed E-state index contributed by atoms with van der Waals surface area (Å²) in [5, 5.41) is 0.575. The molecule has 0 aromatic carbocycles. The molecule has 2 heterocycles. The van der Waals surface area contributed by atoms with Crippen LogP contribution in [0.5, 0.6) is 0 Å². The fourth-order valence-electron chi connectivity index (χ4n) is 2.52. The standard InChI is InChI=1S/C13H20ClN3/c1-3-11-5-4-7-17(8-6-11)13-10(2)12(14)15-9-16-13/h9,11H,3-8H2,1-2H3. The van der Waals surface area contributed by atoms with Gasteiger partial charge in [-0.2, -0.15) is 0 Å². The molecule has 0 amide bonds. The number of aromatic nitrogens is 2. The first-order chi connectivity index (χ1) is 8.22. The van der Waals surface area contributed by atoms with Crippen molar-refractivity contribution < 1.29 is 0 Å². The van der Waals surface area contributed by atoms with Crippen LogP contribution in [0.15, 0.2) is 6.33 Å². The van der Waals surface area contributed by atoms with Gasteiger partial charge in [0, 0.05) is 18.7 Å². The number of halogens is 1. The maximum absolute atomic E-state index is 6.05. The van der Waals surface area contributed by atoms with Gasteiger partial charge < -0.3 is 4.90 Å². The third-order valence-corrected chi connectivity index (χ3v) is 4.10. The van der Waals surface area contributed by atoms with Crippen LogP contribution in [0.4, 0.5) is 5.82 Å². The van der Waals surface area contributed by atoms with Crippen LogP contribution in [0.25, 0.3) is 0 Å². The van der Waals surface area contributed by atoms with Crippen molar-refractivity contribution in [3.05, 3.63) is 17.0 Å². The molecule has 1 aliphatic rings. The van der Waals surface area contributed by atoms with E-state index in [1.54, 1.807) is 6.33 Å². The number of anilines is 1. The molecule has 0 bridgehead atoms. The Morgan fingerprint density at radius 3 is 2.94 bits per heavy atom. The number of rotatable bonds is 2. The molecule has 4 heteroatoms. The molecular formula is C13H20ClN3. The smallest absolute Gasteiger partial charge is 0.137 e. The third kappa shape index (κ3) is 2.89. The zero-order chi connectivity index (χ0) is 12.3. The van der Waals surface area contributed by atoms with Crippen molar-refractivity contribution in [3.63, 3.8) is 0 Å². The molecule has 1 unspecified atom stereocenters. The molecule has 1 aromatic heterocycles. The molecule has 3 nitrogen and oxygen atoms in total. The van der Waals surface area contributed by atoms with Crippen LogP contribution in [0, 0.1) is 12.8 Å². The van der Waals surface area contributed by atoms with Crippen molar-refractivity contribution in [1.29, 1.82) is 0 Å². The second-order valence-electron chi connectivity index (χ2n) is 4.81. The zero-order valence-electron chi connectivity index (χ0n) is 10.6. The minimum atomic E-state index is 0.575. The summed E-state index contributed by atoms with van der Waals surface area (Å²) in [5.74, 6) is 1.89. The second kappa shape index (κ2) is 5.67. The van der Waals surface area contributed by atoms with Crippen molar-refractivity contribution in [1.82, 2.24) is 9.97 Å².